The Labute approximate surface area is 89.0 Å². The number of thiazole rings is 1. The Hall–Kier alpha value is -0.960. The van der Waals surface area contributed by atoms with E-state index in [2.05, 4.69) is 23.0 Å². The Morgan fingerprint density at radius 2 is 2.07 bits per heavy atom. The third-order valence-electron chi connectivity index (χ3n) is 1.82. The lowest BCUT2D eigenvalue weighted by Gasteiger charge is -1.92. The Morgan fingerprint density at radius 3 is 2.71 bits per heavy atom. The number of pyridine rings is 1. The molecule has 0 atom stereocenters. The van der Waals surface area contributed by atoms with Crippen LogP contribution in [0.4, 0.5) is 0 Å². The van der Waals surface area contributed by atoms with Crippen LogP contribution in [0, 0.1) is 6.92 Å². The first-order chi connectivity index (χ1) is 6.79. The second-order valence-electron chi connectivity index (χ2n) is 2.75. The molecular formula is C11H16N2S. The molecule has 3 heteroatoms. The average Bonchev–Trinajstić information content (AvgIpc) is 2.59. The van der Waals surface area contributed by atoms with Crippen LogP contribution >= 0.6 is 11.3 Å². The van der Waals surface area contributed by atoms with E-state index in [-0.39, 0.29) is 0 Å². The summed E-state index contributed by atoms with van der Waals surface area (Å²) in [7, 11) is 0. The molecule has 2 nitrogen and oxygen atoms in total. The van der Waals surface area contributed by atoms with Crippen LogP contribution in [0.2, 0.25) is 0 Å². The Balaban J connectivity index is 0.000000461. The molecule has 76 valence electrons. The smallest absolute Gasteiger partial charge is 0.143 e. The maximum Gasteiger partial charge on any atom is 0.143 e. The van der Waals surface area contributed by atoms with Crippen LogP contribution in [0.15, 0.2) is 12.3 Å². The lowest BCUT2D eigenvalue weighted by molar-refractivity contribution is 1.12. The van der Waals surface area contributed by atoms with Crippen molar-refractivity contribution < 1.29 is 0 Å². The van der Waals surface area contributed by atoms with Gasteiger partial charge in [-0.2, -0.15) is 0 Å². The van der Waals surface area contributed by atoms with Crippen molar-refractivity contribution in [3.63, 3.8) is 0 Å². The van der Waals surface area contributed by atoms with Gasteiger partial charge in [-0.15, -0.1) is 0 Å². The first-order valence-corrected chi connectivity index (χ1v) is 5.83. The summed E-state index contributed by atoms with van der Waals surface area (Å²) in [6, 6.07) is 2.12. The maximum absolute atomic E-state index is 4.38. The summed E-state index contributed by atoms with van der Waals surface area (Å²) in [5.41, 5.74) is 2.30. The molecule has 0 saturated carbocycles. The number of hydrogen-bond donors (Lipinski definition) is 0. The van der Waals surface area contributed by atoms with Crippen LogP contribution in [0.25, 0.3) is 10.3 Å². The fraction of sp³-hybridized carbons (Fsp3) is 0.455. The van der Waals surface area contributed by atoms with E-state index in [1.807, 2.05) is 27.0 Å². The van der Waals surface area contributed by atoms with Crippen LogP contribution in [-0.4, -0.2) is 9.97 Å². The lowest BCUT2D eigenvalue weighted by atomic mass is 10.2. The second kappa shape index (κ2) is 5.05. The largest absolute Gasteiger partial charge is 0.243 e. The van der Waals surface area contributed by atoms with E-state index < -0.39 is 0 Å². The van der Waals surface area contributed by atoms with Crippen molar-refractivity contribution in [3.8, 4) is 0 Å². The predicted molar refractivity (Wildman–Crippen MR) is 62.9 cm³/mol. The minimum atomic E-state index is 1.03. The molecule has 0 N–H and O–H groups in total. The summed E-state index contributed by atoms with van der Waals surface area (Å²) in [6.07, 6.45) is 2.96. The van der Waals surface area contributed by atoms with Crippen molar-refractivity contribution in [2.24, 2.45) is 0 Å². The number of fused-ring (bicyclic) bond motifs is 1. The fourth-order valence-electron chi connectivity index (χ4n) is 1.17. The first kappa shape index (κ1) is 11.1. The fourth-order valence-corrected chi connectivity index (χ4v) is 1.91. The van der Waals surface area contributed by atoms with E-state index in [1.54, 1.807) is 11.3 Å². The number of rotatable bonds is 1. The summed E-state index contributed by atoms with van der Waals surface area (Å²) in [6.45, 7) is 8.14. The molecule has 0 aliphatic carbocycles. The standard InChI is InChI=1S/C9H10N2S.C2H6/c1-3-7-4-8-9(10-5-7)12-6(2)11-8;1-2/h4-5H,3H2,1-2H3;1-2H3. The van der Waals surface area contributed by atoms with E-state index in [1.165, 1.54) is 5.56 Å². The van der Waals surface area contributed by atoms with Gasteiger partial charge in [-0.25, -0.2) is 9.97 Å². The predicted octanol–water partition coefficient (Wildman–Crippen LogP) is 3.59. The third-order valence-corrected chi connectivity index (χ3v) is 2.71. The SMILES string of the molecule is CC.CCc1cnc2sc(C)nc2c1. The van der Waals surface area contributed by atoms with Gasteiger partial charge in [0.25, 0.3) is 0 Å². The zero-order valence-electron chi connectivity index (χ0n) is 9.16. The molecule has 0 aromatic carbocycles. The molecule has 2 aromatic heterocycles. The van der Waals surface area contributed by atoms with Gasteiger partial charge in [-0.1, -0.05) is 32.1 Å². The molecule has 0 radical (unpaired) electrons. The highest BCUT2D eigenvalue weighted by Gasteiger charge is 2.01. The van der Waals surface area contributed by atoms with Gasteiger partial charge in [0.05, 0.1) is 5.01 Å². The molecule has 0 amide bonds. The third kappa shape index (κ3) is 2.29. The summed E-state index contributed by atoms with van der Waals surface area (Å²) in [5, 5.41) is 1.09. The molecule has 0 unspecified atom stereocenters. The van der Waals surface area contributed by atoms with Gasteiger partial charge in [-0.3, -0.25) is 0 Å². The molecule has 14 heavy (non-hydrogen) atoms. The zero-order valence-corrected chi connectivity index (χ0v) is 9.98. The highest BCUT2D eigenvalue weighted by atomic mass is 32.1. The van der Waals surface area contributed by atoms with Crippen molar-refractivity contribution >= 4 is 21.7 Å². The highest BCUT2D eigenvalue weighted by Crippen LogP contribution is 2.19. The monoisotopic (exact) mass is 208 g/mol. The average molecular weight is 208 g/mol. The van der Waals surface area contributed by atoms with Gasteiger partial charge >= 0.3 is 0 Å². The van der Waals surface area contributed by atoms with E-state index in [4.69, 9.17) is 0 Å². The number of aromatic nitrogens is 2. The minimum absolute atomic E-state index is 1.03. The number of aryl methyl sites for hydroxylation is 2. The molecule has 2 heterocycles. The van der Waals surface area contributed by atoms with Crippen LogP contribution in [0.3, 0.4) is 0 Å². The zero-order chi connectivity index (χ0) is 10.6. The lowest BCUT2D eigenvalue weighted by Crippen LogP contribution is -1.81. The van der Waals surface area contributed by atoms with Gasteiger partial charge in [0.2, 0.25) is 0 Å². The van der Waals surface area contributed by atoms with E-state index in [0.29, 0.717) is 0 Å². The Kier molecular flexibility index (Phi) is 4.01. The van der Waals surface area contributed by atoms with E-state index in [9.17, 15) is 0 Å². The second-order valence-corrected chi connectivity index (χ2v) is 3.94. The van der Waals surface area contributed by atoms with Crippen molar-refractivity contribution in [3.05, 3.63) is 22.8 Å². The van der Waals surface area contributed by atoms with Crippen LogP contribution < -0.4 is 0 Å². The van der Waals surface area contributed by atoms with Gasteiger partial charge < -0.3 is 0 Å². The van der Waals surface area contributed by atoms with E-state index in [0.717, 1.165) is 21.8 Å². The molecule has 2 rings (SSSR count). The van der Waals surface area contributed by atoms with Crippen molar-refractivity contribution in [1.82, 2.24) is 9.97 Å². The molecule has 0 fully saturated rings. The molecule has 0 bridgehead atoms. The number of hydrogen-bond acceptors (Lipinski definition) is 3. The van der Waals surface area contributed by atoms with Crippen molar-refractivity contribution in [1.29, 1.82) is 0 Å². The summed E-state index contributed by atoms with van der Waals surface area (Å²) >= 11 is 1.65. The summed E-state index contributed by atoms with van der Waals surface area (Å²) < 4.78 is 0. The Bertz CT molecular complexity index is 407. The normalized spacial score (nSPS) is 9.71. The highest BCUT2D eigenvalue weighted by molar-refractivity contribution is 7.18. The number of nitrogens with zero attached hydrogens (tertiary/aromatic N) is 2. The molecule has 2 aromatic rings. The maximum atomic E-state index is 4.38. The summed E-state index contributed by atoms with van der Waals surface area (Å²) in [4.78, 5) is 9.75. The Morgan fingerprint density at radius 1 is 1.36 bits per heavy atom. The molecular weight excluding hydrogens is 192 g/mol. The van der Waals surface area contributed by atoms with Gasteiger partial charge in [0.15, 0.2) is 0 Å². The van der Waals surface area contributed by atoms with Gasteiger partial charge in [-0.05, 0) is 25.0 Å². The topological polar surface area (TPSA) is 25.8 Å². The molecule has 0 saturated heterocycles. The summed E-state index contributed by atoms with van der Waals surface area (Å²) in [5.74, 6) is 0. The van der Waals surface area contributed by atoms with Crippen LogP contribution in [0.5, 0.6) is 0 Å². The molecule has 0 aliphatic rings. The quantitative estimate of drug-likeness (QED) is 0.715. The van der Waals surface area contributed by atoms with Crippen molar-refractivity contribution in [2.45, 2.75) is 34.1 Å². The van der Waals surface area contributed by atoms with Gasteiger partial charge in [0, 0.05) is 6.20 Å². The van der Waals surface area contributed by atoms with E-state index >= 15 is 0 Å². The van der Waals surface area contributed by atoms with Crippen LogP contribution in [-0.2, 0) is 6.42 Å². The molecule has 0 aliphatic heterocycles. The molecule has 0 spiro atoms. The minimum Gasteiger partial charge on any atom is -0.243 e. The first-order valence-electron chi connectivity index (χ1n) is 5.01. The van der Waals surface area contributed by atoms with Crippen molar-refractivity contribution in [2.75, 3.05) is 0 Å². The van der Waals surface area contributed by atoms with Gasteiger partial charge in [0.1, 0.15) is 10.3 Å². The van der Waals surface area contributed by atoms with Crippen LogP contribution in [0.1, 0.15) is 31.3 Å².